The van der Waals surface area contributed by atoms with Crippen molar-refractivity contribution in [3.63, 3.8) is 0 Å². The minimum atomic E-state index is -0.228. The molecule has 2 aromatic carbocycles. The van der Waals surface area contributed by atoms with E-state index in [0.717, 1.165) is 16.8 Å². The minimum absolute atomic E-state index is 0.0542. The van der Waals surface area contributed by atoms with Crippen LogP contribution in [0.3, 0.4) is 0 Å². The summed E-state index contributed by atoms with van der Waals surface area (Å²) in [5.41, 5.74) is 3.07. The number of carbonyl (C=O) groups is 2. The second kappa shape index (κ2) is 7.79. The SMILES string of the molecule is Cc1cc(Cl)ccc1NC(=O)/C=C/c1ccc(C(=O)N(C)C)cc1. The molecule has 0 fully saturated rings. The molecular weight excluding hydrogens is 324 g/mol. The molecule has 0 bridgehead atoms. The average Bonchev–Trinajstić information content (AvgIpc) is 2.55. The first-order chi connectivity index (χ1) is 11.4. The van der Waals surface area contributed by atoms with Crippen LogP contribution in [0.15, 0.2) is 48.5 Å². The third-order valence-electron chi connectivity index (χ3n) is 3.44. The van der Waals surface area contributed by atoms with Gasteiger partial charge in [0.15, 0.2) is 0 Å². The van der Waals surface area contributed by atoms with Gasteiger partial charge in [0, 0.05) is 36.4 Å². The summed E-state index contributed by atoms with van der Waals surface area (Å²) >= 11 is 5.90. The Bertz CT molecular complexity index is 780. The molecule has 2 rings (SSSR count). The molecule has 24 heavy (non-hydrogen) atoms. The van der Waals surface area contributed by atoms with Crippen molar-refractivity contribution >= 4 is 35.2 Å². The van der Waals surface area contributed by atoms with Gasteiger partial charge in [-0.15, -0.1) is 0 Å². The summed E-state index contributed by atoms with van der Waals surface area (Å²) in [5.74, 6) is -0.282. The molecule has 0 aromatic heterocycles. The van der Waals surface area contributed by atoms with E-state index in [2.05, 4.69) is 5.32 Å². The topological polar surface area (TPSA) is 49.4 Å². The lowest BCUT2D eigenvalue weighted by molar-refractivity contribution is -0.111. The number of nitrogens with one attached hydrogen (secondary N) is 1. The molecule has 0 unspecified atom stereocenters. The molecule has 2 aromatic rings. The van der Waals surface area contributed by atoms with Gasteiger partial charge in [-0.3, -0.25) is 9.59 Å². The quantitative estimate of drug-likeness (QED) is 0.854. The fraction of sp³-hybridized carbons (Fsp3) is 0.158. The monoisotopic (exact) mass is 342 g/mol. The first-order valence-corrected chi connectivity index (χ1v) is 7.81. The highest BCUT2D eigenvalue weighted by atomic mass is 35.5. The number of aryl methyl sites for hydroxylation is 1. The van der Waals surface area contributed by atoms with Gasteiger partial charge in [-0.1, -0.05) is 23.7 Å². The van der Waals surface area contributed by atoms with Crippen LogP contribution < -0.4 is 5.32 Å². The van der Waals surface area contributed by atoms with Crippen LogP contribution in [-0.4, -0.2) is 30.8 Å². The molecule has 0 radical (unpaired) electrons. The Hall–Kier alpha value is -2.59. The van der Waals surface area contributed by atoms with Gasteiger partial charge < -0.3 is 10.2 Å². The molecule has 0 atom stereocenters. The normalized spacial score (nSPS) is 10.7. The number of hydrogen-bond acceptors (Lipinski definition) is 2. The summed E-state index contributed by atoms with van der Waals surface area (Å²) < 4.78 is 0. The summed E-state index contributed by atoms with van der Waals surface area (Å²) in [6, 6.07) is 12.4. The maximum Gasteiger partial charge on any atom is 0.253 e. The van der Waals surface area contributed by atoms with Gasteiger partial charge >= 0.3 is 0 Å². The molecule has 5 heteroatoms. The van der Waals surface area contributed by atoms with E-state index in [0.29, 0.717) is 10.6 Å². The van der Waals surface area contributed by atoms with Crippen LogP contribution in [0.2, 0.25) is 5.02 Å². The molecule has 0 saturated carbocycles. The number of rotatable bonds is 4. The Morgan fingerprint density at radius 2 is 1.75 bits per heavy atom. The Morgan fingerprint density at radius 1 is 1.08 bits per heavy atom. The number of hydrogen-bond donors (Lipinski definition) is 1. The van der Waals surface area contributed by atoms with Gasteiger partial charge in [-0.25, -0.2) is 0 Å². The molecule has 0 heterocycles. The zero-order chi connectivity index (χ0) is 17.7. The molecule has 0 aliphatic heterocycles. The Kier molecular flexibility index (Phi) is 5.77. The van der Waals surface area contributed by atoms with E-state index in [1.807, 2.05) is 6.92 Å². The molecular formula is C19H19ClN2O2. The summed E-state index contributed by atoms with van der Waals surface area (Å²) in [6.45, 7) is 1.88. The first-order valence-electron chi connectivity index (χ1n) is 7.44. The van der Waals surface area contributed by atoms with E-state index in [4.69, 9.17) is 11.6 Å². The highest BCUT2D eigenvalue weighted by Crippen LogP contribution is 2.19. The second-order valence-corrected chi connectivity index (χ2v) is 6.04. The Morgan fingerprint density at radius 3 is 2.33 bits per heavy atom. The van der Waals surface area contributed by atoms with Crippen molar-refractivity contribution in [2.24, 2.45) is 0 Å². The summed E-state index contributed by atoms with van der Waals surface area (Å²) in [4.78, 5) is 25.3. The van der Waals surface area contributed by atoms with Crippen LogP contribution >= 0.6 is 11.6 Å². The Labute approximate surface area is 146 Å². The van der Waals surface area contributed by atoms with E-state index in [1.165, 1.54) is 11.0 Å². The van der Waals surface area contributed by atoms with Crippen molar-refractivity contribution in [2.75, 3.05) is 19.4 Å². The zero-order valence-corrected chi connectivity index (χ0v) is 14.6. The number of amides is 2. The van der Waals surface area contributed by atoms with E-state index < -0.39 is 0 Å². The molecule has 1 N–H and O–H groups in total. The number of benzene rings is 2. The highest BCUT2D eigenvalue weighted by molar-refractivity contribution is 6.30. The van der Waals surface area contributed by atoms with Gasteiger partial charge in [-0.2, -0.15) is 0 Å². The van der Waals surface area contributed by atoms with E-state index >= 15 is 0 Å². The second-order valence-electron chi connectivity index (χ2n) is 5.60. The highest BCUT2D eigenvalue weighted by Gasteiger charge is 2.06. The van der Waals surface area contributed by atoms with Crippen molar-refractivity contribution in [1.82, 2.24) is 4.90 Å². The van der Waals surface area contributed by atoms with Crippen LogP contribution in [0.25, 0.3) is 6.08 Å². The third kappa shape index (κ3) is 4.70. The minimum Gasteiger partial charge on any atom is -0.345 e. The lowest BCUT2D eigenvalue weighted by Gasteiger charge is -2.09. The molecule has 4 nitrogen and oxygen atoms in total. The van der Waals surface area contributed by atoms with Gasteiger partial charge in [0.2, 0.25) is 5.91 Å². The predicted molar refractivity (Wildman–Crippen MR) is 98.3 cm³/mol. The van der Waals surface area contributed by atoms with Crippen molar-refractivity contribution in [1.29, 1.82) is 0 Å². The van der Waals surface area contributed by atoms with E-state index in [9.17, 15) is 9.59 Å². The number of nitrogens with zero attached hydrogens (tertiary/aromatic N) is 1. The summed E-state index contributed by atoms with van der Waals surface area (Å²) in [6.07, 6.45) is 3.15. The summed E-state index contributed by atoms with van der Waals surface area (Å²) in [7, 11) is 3.42. The standard InChI is InChI=1S/C19H19ClN2O2/c1-13-12-16(20)9-10-17(13)21-18(23)11-6-14-4-7-15(8-5-14)19(24)22(2)3/h4-12H,1-3H3,(H,21,23)/b11-6+. The molecule has 124 valence electrons. The maximum atomic E-state index is 12.0. The molecule has 0 aliphatic rings. The lowest BCUT2D eigenvalue weighted by Crippen LogP contribution is -2.21. The fourth-order valence-corrected chi connectivity index (χ4v) is 2.34. The molecule has 0 spiro atoms. The molecule has 0 saturated heterocycles. The lowest BCUT2D eigenvalue weighted by atomic mass is 10.1. The number of carbonyl (C=O) groups excluding carboxylic acids is 2. The van der Waals surface area contributed by atoms with Crippen LogP contribution in [0.4, 0.5) is 5.69 Å². The molecule has 0 aliphatic carbocycles. The third-order valence-corrected chi connectivity index (χ3v) is 3.67. The fourth-order valence-electron chi connectivity index (χ4n) is 2.11. The van der Waals surface area contributed by atoms with Gasteiger partial charge in [-0.05, 0) is 54.5 Å². The van der Waals surface area contributed by atoms with Crippen LogP contribution in [0, 0.1) is 6.92 Å². The average molecular weight is 343 g/mol. The van der Waals surface area contributed by atoms with Crippen LogP contribution in [-0.2, 0) is 4.79 Å². The van der Waals surface area contributed by atoms with Crippen molar-refractivity contribution in [3.05, 3.63) is 70.3 Å². The van der Waals surface area contributed by atoms with Gasteiger partial charge in [0.25, 0.3) is 5.91 Å². The largest absolute Gasteiger partial charge is 0.345 e. The van der Waals surface area contributed by atoms with Gasteiger partial charge in [0.05, 0.1) is 0 Å². The first kappa shape index (κ1) is 17.8. The zero-order valence-electron chi connectivity index (χ0n) is 13.8. The van der Waals surface area contributed by atoms with Crippen molar-refractivity contribution < 1.29 is 9.59 Å². The predicted octanol–water partition coefficient (Wildman–Crippen LogP) is 4.00. The maximum absolute atomic E-state index is 12.0. The smallest absolute Gasteiger partial charge is 0.253 e. The molecule has 2 amide bonds. The van der Waals surface area contributed by atoms with E-state index in [1.54, 1.807) is 62.6 Å². The Balaban J connectivity index is 2.02. The van der Waals surface area contributed by atoms with Crippen LogP contribution in [0.5, 0.6) is 0 Å². The van der Waals surface area contributed by atoms with Gasteiger partial charge in [0.1, 0.15) is 0 Å². The number of anilines is 1. The van der Waals surface area contributed by atoms with Crippen molar-refractivity contribution in [2.45, 2.75) is 6.92 Å². The van der Waals surface area contributed by atoms with Crippen molar-refractivity contribution in [3.8, 4) is 0 Å². The van der Waals surface area contributed by atoms with E-state index in [-0.39, 0.29) is 11.8 Å². The van der Waals surface area contributed by atoms with Crippen LogP contribution in [0.1, 0.15) is 21.5 Å². The summed E-state index contributed by atoms with van der Waals surface area (Å²) in [5, 5.41) is 3.44. The number of halogens is 1.